The van der Waals surface area contributed by atoms with Gasteiger partial charge in [-0.25, -0.2) is 0 Å². The van der Waals surface area contributed by atoms with Crippen molar-refractivity contribution in [1.82, 2.24) is 21.3 Å². The first-order valence-corrected chi connectivity index (χ1v) is 11.4. The van der Waals surface area contributed by atoms with Crippen LogP contribution in [0, 0.1) is 5.92 Å². The zero-order chi connectivity index (χ0) is 25.5. The summed E-state index contributed by atoms with van der Waals surface area (Å²) < 4.78 is 0. The van der Waals surface area contributed by atoms with Gasteiger partial charge in [-0.3, -0.25) is 4.79 Å². The first-order chi connectivity index (χ1) is 16.3. The lowest BCUT2D eigenvalue weighted by atomic mass is 9.73. The molecule has 0 saturated carbocycles. The lowest BCUT2D eigenvalue weighted by molar-refractivity contribution is -0.122. The van der Waals surface area contributed by atoms with Gasteiger partial charge in [0.1, 0.15) is 11.9 Å². The second-order valence-corrected chi connectivity index (χ2v) is 7.79. The molecule has 1 aliphatic rings. The highest BCUT2D eigenvalue weighted by Crippen LogP contribution is 2.38. The highest BCUT2D eigenvalue weighted by atomic mass is 16.3. The normalized spacial score (nSPS) is 21.4. The summed E-state index contributed by atoms with van der Waals surface area (Å²) in [7, 11) is 0. The fraction of sp³-hybridized carbons (Fsp3) is 0.542. The van der Waals surface area contributed by atoms with Crippen LogP contribution in [0.1, 0.15) is 6.92 Å². The minimum Gasteiger partial charge on any atom is -0.508 e. The molecule has 1 rings (SSSR count). The van der Waals surface area contributed by atoms with Crippen LogP contribution < -0.4 is 21.3 Å². The molecule has 10 nitrogen and oxygen atoms in total. The van der Waals surface area contributed by atoms with E-state index in [1.165, 1.54) is 13.0 Å². The average molecular weight is 481 g/mol. The number of aliphatic hydroxyl groups is 5. The lowest BCUT2D eigenvalue weighted by Gasteiger charge is -2.36. The average Bonchev–Trinajstić information content (AvgIpc) is 2.81. The predicted molar refractivity (Wildman–Crippen MR) is 132 cm³/mol. The van der Waals surface area contributed by atoms with Crippen molar-refractivity contribution in [1.29, 1.82) is 0 Å². The monoisotopic (exact) mass is 480 g/mol. The highest BCUT2D eigenvalue weighted by molar-refractivity contribution is 6.03. The summed E-state index contributed by atoms with van der Waals surface area (Å²) in [5.41, 5.74) is 1.01. The van der Waals surface area contributed by atoms with E-state index in [2.05, 4.69) is 34.4 Å². The smallest absolute Gasteiger partial charge is 0.170 e. The van der Waals surface area contributed by atoms with Crippen LogP contribution in [0.25, 0.3) is 0 Å². The lowest BCUT2D eigenvalue weighted by Crippen LogP contribution is -2.45. The van der Waals surface area contributed by atoms with Gasteiger partial charge in [-0.1, -0.05) is 19.2 Å². The minimum absolute atomic E-state index is 0.00599. The van der Waals surface area contributed by atoms with Gasteiger partial charge >= 0.3 is 0 Å². The maximum Gasteiger partial charge on any atom is 0.170 e. The van der Waals surface area contributed by atoms with E-state index in [0.717, 1.165) is 6.08 Å². The zero-order valence-electron chi connectivity index (χ0n) is 19.9. The van der Waals surface area contributed by atoms with Crippen LogP contribution in [0.5, 0.6) is 0 Å². The summed E-state index contributed by atoms with van der Waals surface area (Å²) in [4.78, 5) is 13.5. The van der Waals surface area contributed by atoms with E-state index >= 15 is 0 Å². The number of allylic oxidation sites excluding steroid dienone is 3. The Bertz CT molecular complexity index is 775. The van der Waals surface area contributed by atoms with E-state index in [1.807, 2.05) is 0 Å². The Morgan fingerprint density at radius 1 is 1.03 bits per heavy atom. The zero-order valence-corrected chi connectivity index (χ0v) is 19.9. The quantitative estimate of drug-likeness (QED) is 0.0689. The molecule has 0 heterocycles. The minimum atomic E-state index is -1.37. The molecule has 0 fully saturated rings. The molecule has 10 heteroatoms. The molecule has 192 valence electrons. The van der Waals surface area contributed by atoms with Gasteiger partial charge in [-0.2, -0.15) is 0 Å². The predicted octanol–water partition coefficient (Wildman–Crippen LogP) is -1.37. The van der Waals surface area contributed by atoms with Crippen LogP contribution in [0.15, 0.2) is 59.6 Å². The Balaban J connectivity index is 3.40. The molecule has 1 aliphatic carbocycles. The molecular weight excluding hydrogens is 440 g/mol. The molecule has 0 aromatic rings. The van der Waals surface area contributed by atoms with E-state index in [0.29, 0.717) is 45.0 Å². The summed E-state index contributed by atoms with van der Waals surface area (Å²) in [6.45, 7) is 11.7. The van der Waals surface area contributed by atoms with Gasteiger partial charge < -0.3 is 46.8 Å². The second kappa shape index (κ2) is 16.3. The molecular formula is C24H40N4O6. The maximum atomic E-state index is 13.5. The Morgan fingerprint density at radius 2 is 1.62 bits per heavy atom. The summed E-state index contributed by atoms with van der Waals surface area (Å²) in [5, 5.41) is 62.3. The van der Waals surface area contributed by atoms with Gasteiger partial charge in [0.25, 0.3) is 0 Å². The van der Waals surface area contributed by atoms with Crippen molar-refractivity contribution in [2.24, 2.45) is 5.92 Å². The molecule has 0 amide bonds. The Hall–Kier alpha value is -2.31. The largest absolute Gasteiger partial charge is 0.508 e. The van der Waals surface area contributed by atoms with Crippen LogP contribution in [0.3, 0.4) is 0 Å². The number of hydrogen-bond donors (Lipinski definition) is 9. The topological polar surface area (TPSA) is 166 Å². The summed E-state index contributed by atoms with van der Waals surface area (Å²) in [5.74, 6) is -1.89. The molecule has 0 aliphatic heterocycles. The first-order valence-electron chi connectivity index (χ1n) is 11.4. The third-order valence-corrected chi connectivity index (χ3v) is 5.33. The molecule has 0 bridgehead atoms. The fourth-order valence-electron chi connectivity index (χ4n) is 3.79. The fourth-order valence-corrected chi connectivity index (χ4v) is 3.79. The number of aliphatic hydroxyl groups excluding tert-OH is 5. The number of nitrogens with one attached hydrogen (secondary N) is 4. The van der Waals surface area contributed by atoms with E-state index < -0.39 is 23.9 Å². The standard InChI is InChI=1S/C24H40N4O6/c1-4-6-18(28-10-9-26-12-14-30)21-17(15-27-8-7-25-11-13-29)23(33)20(16(3)31)22(24(21)34)19(32)5-2/h4-6,16,20,24-32,34H,1-2,7-15H2,3H3/b18-6+,22-19-. The summed E-state index contributed by atoms with van der Waals surface area (Å²) >= 11 is 0. The Morgan fingerprint density at radius 3 is 2.15 bits per heavy atom. The van der Waals surface area contributed by atoms with Crippen molar-refractivity contribution in [3.8, 4) is 0 Å². The Labute approximate surface area is 201 Å². The van der Waals surface area contributed by atoms with E-state index in [1.54, 1.807) is 6.08 Å². The highest BCUT2D eigenvalue weighted by Gasteiger charge is 2.43. The second-order valence-electron chi connectivity index (χ2n) is 7.79. The number of carbonyl (C=O) groups is 1. The van der Waals surface area contributed by atoms with Gasteiger partial charge in [0, 0.05) is 68.2 Å². The summed E-state index contributed by atoms with van der Waals surface area (Å²) in [6, 6.07) is 0. The van der Waals surface area contributed by atoms with Crippen molar-refractivity contribution >= 4 is 5.78 Å². The van der Waals surface area contributed by atoms with Gasteiger partial charge in [-0.15, -0.1) is 0 Å². The van der Waals surface area contributed by atoms with Crippen LogP contribution in [-0.4, -0.2) is 103 Å². The number of Topliss-reactive ketones (excluding diaryl/α,β-unsaturated/α-hetero) is 1. The molecule has 0 saturated heterocycles. The van der Waals surface area contributed by atoms with Crippen LogP contribution >= 0.6 is 0 Å². The Kier molecular flexibility index (Phi) is 14.3. The van der Waals surface area contributed by atoms with Gasteiger partial charge in [0.2, 0.25) is 0 Å². The molecule has 9 N–H and O–H groups in total. The molecule has 3 unspecified atom stereocenters. The van der Waals surface area contributed by atoms with E-state index in [4.69, 9.17) is 10.2 Å². The maximum absolute atomic E-state index is 13.5. The van der Waals surface area contributed by atoms with Crippen LogP contribution in [0.2, 0.25) is 0 Å². The molecule has 0 aromatic carbocycles. The van der Waals surface area contributed by atoms with Crippen molar-refractivity contribution in [2.45, 2.75) is 19.1 Å². The SMILES string of the molecule is C=C/C=C(/NCCNCCO)C1=C(CNCCNCCO)C(=O)C(C(C)O)/C(=C(/O)C=C)C1O. The number of rotatable bonds is 17. The molecule has 3 atom stereocenters. The van der Waals surface area contributed by atoms with Crippen molar-refractivity contribution in [3.63, 3.8) is 0 Å². The van der Waals surface area contributed by atoms with Crippen molar-refractivity contribution in [2.75, 3.05) is 59.0 Å². The van der Waals surface area contributed by atoms with Gasteiger partial charge in [0.15, 0.2) is 5.78 Å². The van der Waals surface area contributed by atoms with Crippen molar-refractivity contribution in [3.05, 3.63) is 59.6 Å². The third-order valence-electron chi connectivity index (χ3n) is 5.33. The number of hydrogen-bond acceptors (Lipinski definition) is 10. The molecule has 0 aromatic heterocycles. The van der Waals surface area contributed by atoms with Gasteiger partial charge in [0.05, 0.1) is 25.2 Å². The first kappa shape index (κ1) is 29.7. The van der Waals surface area contributed by atoms with Crippen LogP contribution in [-0.2, 0) is 4.79 Å². The molecule has 0 spiro atoms. The van der Waals surface area contributed by atoms with Gasteiger partial charge in [-0.05, 0) is 19.1 Å². The third kappa shape index (κ3) is 8.48. The summed E-state index contributed by atoms with van der Waals surface area (Å²) in [6.07, 6.45) is 1.77. The van der Waals surface area contributed by atoms with Crippen molar-refractivity contribution < 1.29 is 30.3 Å². The number of ketones is 1. The van der Waals surface area contributed by atoms with E-state index in [9.17, 15) is 20.1 Å². The van der Waals surface area contributed by atoms with Crippen LogP contribution in [0.4, 0.5) is 0 Å². The van der Waals surface area contributed by atoms with E-state index in [-0.39, 0.29) is 42.2 Å². The number of carbonyl (C=O) groups excluding carboxylic acids is 1. The molecule has 0 radical (unpaired) electrons. The molecule has 34 heavy (non-hydrogen) atoms.